The predicted molar refractivity (Wildman–Crippen MR) is 168 cm³/mol. The predicted octanol–water partition coefficient (Wildman–Crippen LogP) is 7.40. The zero-order chi connectivity index (χ0) is 30.1. The smallest absolute Gasteiger partial charge is 0.272 e. The van der Waals surface area contributed by atoms with Gasteiger partial charge < -0.3 is 20.1 Å². The molecule has 7 nitrogen and oxygen atoms in total. The second kappa shape index (κ2) is 14.6. The first kappa shape index (κ1) is 30.7. The summed E-state index contributed by atoms with van der Waals surface area (Å²) in [4.78, 5) is 39.7. The lowest BCUT2D eigenvalue weighted by molar-refractivity contribution is -0.113. The topological polar surface area (TPSA) is 93.7 Å². The van der Waals surface area contributed by atoms with Gasteiger partial charge in [-0.05, 0) is 72.8 Å². The van der Waals surface area contributed by atoms with Crippen LogP contribution in [0.25, 0.3) is 6.08 Å². The number of carbonyl (C=O) groups is 3. The van der Waals surface area contributed by atoms with Gasteiger partial charge in [-0.3, -0.25) is 14.4 Å². The number of ether oxygens (including phenoxy) is 2. The average molecular weight is 622 g/mol. The van der Waals surface area contributed by atoms with Crippen LogP contribution in [-0.2, 0) is 4.79 Å². The van der Waals surface area contributed by atoms with Gasteiger partial charge >= 0.3 is 0 Å². The van der Waals surface area contributed by atoms with Crippen molar-refractivity contribution >= 4 is 64.3 Å². The van der Waals surface area contributed by atoms with Crippen LogP contribution in [0.2, 0.25) is 10.0 Å². The van der Waals surface area contributed by atoms with Gasteiger partial charge in [-0.15, -0.1) is 11.8 Å². The summed E-state index contributed by atoms with van der Waals surface area (Å²) in [6, 6.07) is 25.5. The average Bonchev–Trinajstić information content (AvgIpc) is 3.01. The van der Waals surface area contributed by atoms with Gasteiger partial charge in [0, 0.05) is 37.3 Å². The molecule has 0 aliphatic carbocycles. The molecule has 0 aromatic heterocycles. The Morgan fingerprint density at radius 1 is 0.786 bits per heavy atom. The van der Waals surface area contributed by atoms with Crippen LogP contribution in [0, 0.1) is 0 Å². The molecule has 0 heterocycles. The zero-order valence-electron chi connectivity index (χ0n) is 22.7. The number of amides is 2. The number of thioether (sulfide) groups is 1. The van der Waals surface area contributed by atoms with Crippen molar-refractivity contribution in [2.24, 2.45) is 0 Å². The van der Waals surface area contributed by atoms with Gasteiger partial charge in [-0.1, -0.05) is 47.5 Å². The molecule has 0 radical (unpaired) electrons. The molecule has 0 unspecified atom stereocenters. The summed E-state index contributed by atoms with van der Waals surface area (Å²) in [5.41, 5.74) is 1.73. The van der Waals surface area contributed by atoms with E-state index in [1.54, 1.807) is 91.0 Å². The maximum Gasteiger partial charge on any atom is 0.272 e. The van der Waals surface area contributed by atoms with Gasteiger partial charge in [0.15, 0.2) is 17.3 Å². The van der Waals surface area contributed by atoms with E-state index in [0.717, 1.165) is 4.90 Å². The lowest BCUT2D eigenvalue weighted by atomic mass is 10.1. The number of rotatable bonds is 11. The van der Waals surface area contributed by atoms with Crippen molar-refractivity contribution in [3.05, 3.63) is 123 Å². The van der Waals surface area contributed by atoms with E-state index >= 15 is 0 Å². The second-order valence-electron chi connectivity index (χ2n) is 8.77. The van der Waals surface area contributed by atoms with E-state index < -0.39 is 11.8 Å². The Balaban J connectivity index is 1.46. The molecule has 4 rings (SSSR count). The molecule has 0 aliphatic rings. The number of Topliss-reactive ketones (excluding diaryl/α,β-unsaturated/α-hetero) is 1. The Bertz CT molecular complexity index is 1610. The summed E-state index contributed by atoms with van der Waals surface area (Å²) in [6.07, 6.45) is 1.44. The number of ketones is 1. The van der Waals surface area contributed by atoms with Crippen LogP contribution in [-0.4, -0.2) is 37.6 Å². The van der Waals surface area contributed by atoms with Crippen molar-refractivity contribution < 1.29 is 23.9 Å². The molecular formula is C32H26Cl2N2O5S. The van der Waals surface area contributed by atoms with Crippen molar-refractivity contribution in [1.29, 1.82) is 0 Å². The molecule has 0 spiro atoms. The molecule has 2 amide bonds. The van der Waals surface area contributed by atoms with Crippen molar-refractivity contribution in [2.45, 2.75) is 4.90 Å². The fourth-order valence-corrected chi connectivity index (χ4v) is 5.11. The monoisotopic (exact) mass is 620 g/mol. The Hall–Kier alpha value is -4.24. The van der Waals surface area contributed by atoms with Crippen LogP contribution >= 0.6 is 35.0 Å². The van der Waals surface area contributed by atoms with Crippen LogP contribution in [0.1, 0.15) is 26.3 Å². The number of hydrogen-bond acceptors (Lipinski definition) is 6. The molecule has 2 N–H and O–H groups in total. The number of carbonyl (C=O) groups excluding carboxylic acids is 3. The maximum atomic E-state index is 13.3. The lowest BCUT2D eigenvalue weighted by Gasteiger charge is -2.13. The minimum Gasteiger partial charge on any atom is -0.493 e. The van der Waals surface area contributed by atoms with E-state index in [1.165, 1.54) is 32.1 Å². The highest BCUT2D eigenvalue weighted by molar-refractivity contribution is 8.00. The molecule has 0 aliphatic heterocycles. The van der Waals surface area contributed by atoms with Gasteiger partial charge in [0.2, 0.25) is 0 Å². The van der Waals surface area contributed by atoms with Crippen LogP contribution in [0.4, 0.5) is 5.69 Å². The normalized spacial score (nSPS) is 11.0. The minimum atomic E-state index is -0.570. The van der Waals surface area contributed by atoms with E-state index in [0.29, 0.717) is 43.9 Å². The number of nitrogens with one attached hydrogen (secondary N) is 2. The molecular weight excluding hydrogens is 595 g/mol. The molecule has 0 saturated heterocycles. The molecule has 4 aromatic carbocycles. The maximum absolute atomic E-state index is 13.3. The van der Waals surface area contributed by atoms with Gasteiger partial charge in [0.1, 0.15) is 5.70 Å². The molecule has 10 heteroatoms. The fraction of sp³-hybridized carbons (Fsp3) is 0.0938. The van der Waals surface area contributed by atoms with Crippen molar-refractivity contribution in [3.63, 3.8) is 0 Å². The van der Waals surface area contributed by atoms with Gasteiger partial charge in [-0.25, -0.2) is 0 Å². The first-order valence-electron chi connectivity index (χ1n) is 12.6. The lowest BCUT2D eigenvalue weighted by Crippen LogP contribution is -2.30. The number of halogens is 2. The molecule has 0 atom stereocenters. The van der Waals surface area contributed by atoms with Crippen molar-refractivity contribution in [2.75, 3.05) is 25.3 Å². The number of hydrogen-bond donors (Lipinski definition) is 2. The Kier molecular flexibility index (Phi) is 10.7. The van der Waals surface area contributed by atoms with E-state index in [1.807, 2.05) is 0 Å². The van der Waals surface area contributed by atoms with Crippen molar-refractivity contribution in [3.8, 4) is 11.5 Å². The fourth-order valence-electron chi connectivity index (χ4n) is 3.81. The third-order valence-electron chi connectivity index (χ3n) is 6.00. The zero-order valence-corrected chi connectivity index (χ0v) is 25.0. The quantitative estimate of drug-likeness (QED) is 0.103. The molecule has 0 fully saturated rings. The first-order chi connectivity index (χ1) is 20.3. The highest BCUT2D eigenvalue weighted by Crippen LogP contribution is 2.29. The van der Waals surface area contributed by atoms with E-state index in [9.17, 15) is 14.4 Å². The standard InChI is InChI=1S/C32H26Cl2N2O5S/c1-40-29-16-11-21(17-30(29)41-2)28(37)19-42-23-14-12-22(13-15-23)35-32(39)27(18-24-25(33)9-6-10-26(24)34)36-31(38)20-7-4-3-5-8-20/h3-18H,19H2,1-2H3,(H,35,39)(H,36,38)/b27-18-. The summed E-state index contributed by atoms with van der Waals surface area (Å²) < 4.78 is 10.5. The molecule has 214 valence electrons. The molecule has 0 saturated carbocycles. The summed E-state index contributed by atoms with van der Waals surface area (Å²) in [7, 11) is 3.05. The summed E-state index contributed by atoms with van der Waals surface area (Å²) >= 11 is 14.0. The first-order valence-corrected chi connectivity index (χ1v) is 14.3. The van der Waals surface area contributed by atoms with Crippen LogP contribution in [0.3, 0.4) is 0 Å². The van der Waals surface area contributed by atoms with Gasteiger partial charge in [0.25, 0.3) is 11.8 Å². The molecule has 42 heavy (non-hydrogen) atoms. The van der Waals surface area contributed by atoms with Crippen LogP contribution < -0.4 is 20.1 Å². The number of benzene rings is 4. The Labute approximate surface area is 257 Å². The van der Waals surface area contributed by atoms with Gasteiger partial charge in [-0.2, -0.15) is 0 Å². The molecule has 4 aromatic rings. The largest absolute Gasteiger partial charge is 0.493 e. The Morgan fingerprint density at radius 3 is 2.10 bits per heavy atom. The third-order valence-corrected chi connectivity index (χ3v) is 7.68. The minimum absolute atomic E-state index is 0.0437. The highest BCUT2D eigenvalue weighted by Gasteiger charge is 2.17. The van der Waals surface area contributed by atoms with Crippen LogP contribution in [0.15, 0.2) is 102 Å². The SMILES string of the molecule is COc1ccc(C(=O)CSc2ccc(NC(=O)/C(=C/c3c(Cl)cccc3Cl)NC(=O)c3ccccc3)cc2)cc1OC. The molecule has 0 bridgehead atoms. The third kappa shape index (κ3) is 7.94. The second-order valence-corrected chi connectivity index (χ2v) is 10.6. The van der Waals surface area contributed by atoms with E-state index in [4.69, 9.17) is 32.7 Å². The summed E-state index contributed by atoms with van der Waals surface area (Å²) in [5.74, 6) is 0.134. The van der Waals surface area contributed by atoms with Crippen LogP contribution in [0.5, 0.6) is 11.5 Å². The Morgan fingerprint density at radius 2 is 1.45 bits per heavy atom. The van der Waals surface area contributed by atoms with Crippen molar-refractivity contribution in [1.82, 2.24) is 5.32 Å². The highest BCUT2D eigenvalue weighted by atomic mass is 35.5. The summed E-state index contributed by atoms with van der Waals surface area (Å²) in [6.45, 7) is 0. The number of anilines is 1. The van der Waals surface area contributed by atoms with E-state index in [2.05, 4.69) is 10.6 Å². The summed E-state index contributed by atoms with van der Waals surface area (Å²) in [5, 5.41) is 6.10. The number of methoxy groups -OCH3 is 2. The van der Waals surface area contributed by atoms with Gasteiger partial charge in [0.05, 0.1) is 20.0 Å². The van der Waals surface area contributed by atoms with E-state index in [-0.39, 0.29) is 17.2 Å².